The molecule has 0 amide bonds. The lowest BCUT2D eigenvalue weighted by Crippen LogP contribution is -2.02. The van der Waals surface area contributed by atoms with Crippen LogP contribution in [0.3, 0.4) is 0 Å². The minimum absolute atomic E-state index is 0.0505. The monoisotopic (exact) mass is 376 g/mol. The van der Waals surface area contributed by atoms with Gasteiger partial charge in [-0.05, 0) is 30.3 Å². The van der Waals surface area contributed by atoms with Gasteiger partial charge in [0.05, 0.1) is 24.9 Å². The molecule has 2 aromatic carbocycles. The second kappa shape index (κ2) is 8.21. The van der Waals surface area contributed by atoms with Gasteiger partial charge in [-0.3, -0.25) is 4.98 Å². The van der Waals surface area contributed by atoms with Crippen molar-refractivity contribution >= 4 is 33.9 Å². The Kier molecular flexibility index (Phi) is 5.75. The second-order valence-electron chi connectivity index (χ2n) is 5.55. The van der Waals surface area contributed by atoms with Crippen LogP contribution in [0.15, 0.2) is 42.6 Å². The smallest absolute Gasteiger partial charge is 0.163 e. The molecule has 0 fully saturated rings. The molecular weight excluding hydrogens is 359 g/mol. The Bertz CT molecular complexity index is 921. The number of aliphatic hydroxyl groups excluding tert-OH is 1. The summed E-state index contributed by atoms with van der Waals surface area (Å²) in [7, 11) is 1.54. The SMILES string of the molecule is COc1cc2c(Nc3ccc(Cl)cc3F)ccnc2cc1OCCCO. The van der Waals surface area contributed by atoms with Crippen molar-refractivity contribution in [3.63, 3.8) is 0 Å². The molecule has 0 saturated heterocycles. The van der Waals surface area contributed by atoms with Crippen molar-refractivity contribution < 1.29 is 19.0 Å². The number of anilines is 2. The average Bonchev–Trinajstić information content (AvgIpc) is 2.64. The fourth-order valence-electron chi connectivity index (χ4n) is 2.52. The highest BCUT2D eigenvalue weighted by Gasteiger charge is 2.12. The molecule has 0 bridgehead atoms. The lowest BCUT2D eigenvalue weighted by atomic mass is 10.1. The molecule has 5 nitrogen and oxygen atoms in total. The van der Waals surface area contributed by atoms with Crippen molar-refractivity contribution in [3.8, 4) is 11.5 Å². The number of nitrogens with zero attached hydrogens (tertiary/aromatic N) is 1. The van der Waals surface area contributed by atoms with E-state index >= 15 is 0 Å². The van der Waals surface area contributed by atoms with Crippen LogP contribution in [0.25, 0.3) is 10.9 Å². The number of hydrogen-bond donors (Lipinski definition) is 2. The van der Waals surface area contributed by atoms with Gasteiger partial charge in [0.1, 0.15) is 5.82 Å². The van der Waals surface area contributed by atoms with E-state index in [9.17, 15) is 4.39 Å². The number of fused-ring (bicyclic) bond motifs is 1. The van der Waals surface area contributed by atoms with Gasteiger partial charge in [0.25, 0.3) is 0 Å². The van der Waals surface area contributed by atoms with Crippen molar-refractivity contribution in [1.82, 2.24) is 4.98 Å². The number of ether oxygens (including phenoxy) is 2. The summed E-state index contributed by atoms with van der Waals surface area (Å²) in [6.07, 6.45) is 2.15. The van der Waals surface area contributed by atoms with Gasteiger partial charge in [-0.25, -0.2) is 4.39 Å². The van der Waals surface area contributed by atoms with Gasteiger partial charge < -0.3 is 19.9 Å². The number of benzene rings is 2. The zero-order chi connectivity index (χ0) is 18.5. The van der Waals surface area contributed by atoms with Gasteiger partial charge in [0.2, 0.25) is 0 Å². The van der Waals surface area contributed by atoms with Crippen LogP contribution in [0.1, 0.15) is 6.42 Å². The molecule has 0 saturated carbocycles. The van der Waals surface area contributed by atoms with E-state index in [2.05, 4.69) is 10.3 Å². The molecule has 1 heterocycles. The fraction of sp³-hybridized carbons (Fsp3) is 0.211. The Morgan fingerprint density at radius 3 is 2.73 bits per heavy atom. The van der Waals surface area contributed by atoms with E-state index in [4.69, 9.17) is 26.2 Å². The summed E-state index contributed by atoms with van der Waals surface area (Å²) in [4.78, 5) is 4.34. The largest absolute Gasteiger partial charge is 0.493 e. The predicted octanol–water partition coefficient (Wildman–Crippen LogP) is 4.54. The molecule has 0 aliphatic rings. The minimum Gasteiger partial charge on any atom is -0.493 e. The molecule has 0 aliphatic carbocycles. The van der Waals surface area contributed by atoms with E-state index in [1.165, 1.54) is 6.07 Å². The van der Waals surface area contributed by atoms with Crippen molar-refractivity contribution in [2.45, 2.75) is 6.42 Å². The summed E-state index contributed by atoms with van der Waals surface area (Å²) >= 11 is 5.80. The molecule has 0 radical (unpaired) electrons. The molecule has 0 aliphatic heterocycles. The molecule has 0 unspecified atom stereocenters. The van der Waals surface area contributed by atoms with Gasteiger partial charge in [-0.15, -0.1) is 0 Å². The van der Waals surface area contributed by atoms with Gasteiger partial charge in [0.15, 0.2) is 11.5 Å². The summed E-state index contributed by atoms with van der Waals surface area (Å²) in [5.41, 5.74) is 1.66. The lowest BCUT2D eigenvalue weighted by Gasteiger charge is -2.14. The van der Waals surface area contributed by atoms with Crippen molar-refractivity contribution in [2.24, 2.45) is 0 Å². The number of pyridine rings is 1. The summed E-state index contributed by atoms with van der Waals surface area (Å²) in [5.74, 6) is 0.622. The zero-order valence-electron chi connectivity index (χ0n) is 14.1. The van der Waals surface area contributed by atoms with Crippen molar-refractivity contribution in [1.29, 1.82) is 0 Å². The topological polar surface area (TPSA) is 63.6 Å². The highest BCUT2D eigenvalue weighted by atomic mass is 35.5. The van der Waals surface area contributed by atoms with Gasteiger partial charge >= 0.3 is 0 Å². The minimum atomic E-state index is -0.446. The number of hydrogen-bond acceptors (Lipinski definition) is 5. The second-order valence-corrected chi connectivity index (χ2v) is 5.99. The van der Waals surface area contributed by atoms with Crippen molar-refractivity contribution in [3.05, 3.63) is 53.4 Å². The quantitative estimate of drug-likeness (QED) is 0.593. The molecule has 0 atom stereocenters. The summed E-state index contributed by atoms with van der Waals surface area (Å²) in [5, 5.41) is 13.0. The van der Waals surface area contributed by atoms with E-state index in [1.807, 2.05) is 0 Å². The summed E-state index contributed by atoms with van der Waals surface area (Å²) in [6, 6.07) is 9.74. The predicted molar refractivity (Wildman–Crippen MR) is 100 cm³/mol. The molecule has 136 valence electrons. The third-order valence-electron chi connectivity index (χ3n) is 3.79. The number of halogens is 2. The van der Waals surface area contributed by atoms with Gasteiger partial charge in [0, 0.05) is 41.4 Å². The van der Waals surface area contributed by atoms with Crippen LogP contribution >= 0.6 is 11.6 Å². The highest BCUT2D eigenvalue weighted by Crippen LogP contribution is 2.36. The van der Waals surface area contributed by atoms with E-state index in [-0.39, 0.29) is 6.61 Å². The molecule has 3 aromatic rings. The van der Waals surface area contributed by atoms with E-state index in [1.54, 1.807) is 43.6 Å². The number of rotatable bonds is 7. The fourth-order valence-corrected chi connectivity index (χ4v) is 2.68. The number of aromatic nitrogens is 1. The number of nitrogens with one attached hydrogen (secondary N) is 1. The molecule has 26 heavy (non-hydrogen) atoms. The van der Waals surface area contributed by atoms with Crippen LogP contribution in [-0.2, 0) is 0 Å². The average molecular weight is 377 g/mol. The van der Waals surface area contributed by atoms with Crippen LogP contribution in [0.5, 0.6) is 11.5 Å². The normalized spacial score (nSPS) is 10.8. The Hall–Kier alpha value is -2.57. The van der Waals surface area contributed by atoms with Crippen LogP contribution in [-0.4, -0.2) is 30.4 Å². The Labute approximate surface area is 155 Å². The molecule has 3 rings (SSSR count). The zero-order valence-corrected chi connectivity index (χ0v) is 14.9. The maximum Gasteiger partial charge on any atom is 0.163 e. The summed E-state index contributed by atoms with van der Waals surface area (Å²) in [6.45, 7) is 0.418. The number of methoxy groups -OCH3 is 1. The van der Waals surface area contributed by atoms with Gasteiger partial charge in [-0.1, -0.05) is 11.6 Å². The van der Waals surface area contributed by atoms with Gasteiger partial charge in [-0.2, -0.15) is 0 Å². The van der Waals surface area contributed by atoms with Crippen molar-refractivity contribution in [2.75, 3.05) is 25.6 Å². The Morgan fingerprint density at radius 1 is 1.15 bits per heavy atom. The lowest BCUT2D eigenvalue weighted by molar-refractivity contribution is 0.228. The van der Waals surface area contributed by atoms with Crippen LogP contribution < -0.4 is 14.8 Å². The van der Waals surface area contributed by atoms with E-state index in [0.29, 0.717) is 46.4 Å². The van der Waals surface area contributed by atoms with E-state index in [0.717, 1.165) is 5.39 Å². The third-order valence-corrected chi connectivity index (χ3v) is 4.02. The maximum atomic E-state index is 14.1. The van der Waals surface area contributed by atoms with Crippen LogP contribution in [0.2, 0.25) is 5.02 Å². The first-order valence-electron chi connectivity index (χ1n) is 8.05. The third kappa shape index (κ3) is 3.98. The molecule has 0 spiro atoms. The Balaban J connectivity index is 1.98. The van der Waals surface area contributed by atoms with Crippen LogP contribution in [0, 0.1) is 5.82 Å². The first kappa shape index (κ1) is 18.2. The maximum absolute atomic E-state index is 14.1. The summed E-state index contributed by atoms with van der Waals surface area (Å²) < 4.78 is 25.1. The Morgan fingerprint density at radius 2 is 2.00 bits per heavy atom. The van der Waals surface area contributed by atoms with E-state index < -0.39 is 5.82 Å². The molecule has 7 heteroatoms. The highest BCUT2D eigenvalue weighted by molar-refractivity contribution is 6.30. The van der Waals surface area contributed by atoms with Crippen LogP contribution in [0.4, 0.5) is 15.8 Å². The molecule has 2 N–H and O–H groups in total. The molecular formula is C19H18ClFN2O3. The molecule has 1 aromatic heterocycles. The first-order chi connectivity index (χ1) is 12.6. The standard InChI is InChI=1S/C19H18ClFN2O3/c1-25-18-10-13-15(23-16-4-3-12(20)9-14(16)21)5-6-22-17(13)11-19(18)26-8-2-7-24/h3-6,9-11,24H,2,7-8H2,1H3,(H,22,23). The first-order valence-corrected chi connectivity index (χ1v) is 8.42. The number of aliphatic hydroxyl groups is 1.